The van der Waals surface area contributed by atoms with E-state index in [2.05, 4.69) is 16.0 Å². The van der Waals surface area contributed by atoms with Crippen molar-refractivity contribution < 1.29 is 9.59 Å². The predicted octanol–water partition coefficient (Wildman–Crippen LogP) is 3.35. The van der Waals surface area contributed by atoms with Gasteiger partial charge in [0.05, 0.1) is 0 Å². The van der Waals surface area contributed by atoms with E-state index in [1.165, 1.54) is 6.08 Å². The molecule has 0 aliphatic carbocycles. The summed E-state index contributed by atoms with van der Waals surface area (Å²) in [4.78, 5) is 23.9. The minimum absolute atomic E-state index is 0.142. The molecule has 0 saturated heterocycles. The molecule has 2 rings (SSSR count). The van der Waals surface area contributed by atoms with Crippen molar-refractivity contribution in [3.8, 4) is 0 Å². The van der Waals surface area contributed by atoms with Gasteiger partial charge in [-0.25, -0.2) is 0 Å². The molecule has 0 heterocycles. The quantitative estimate of drug-likeness (QED) is 0.541. The molecule has 0 aliphatic rings. The van der Waals surface area contributed by atoms with Gasteiger partial charge in [0, 0.05) is 23.9 Å². The van der Waals surface area contributed by atoms with Crippen molar-refractivity contribution in [3.63, 3.8) is 0 Å². The lowest BCUT2D eigenvalue weighted by Crippen LogP contribution is -2.33. The number of rotatable bonds is 6. The Morgan fingerprint density at radius 3 is 2.58 bits per heavy atom. The molecule has 0 saturated carbocycles. The summed E-state index contributed by atoms with van der Waals surface area (Å²) < 4.78 is 0. The summed E-state index contributed by atoms with van der Waals surface area (Å²) in [5, 5.41) is 8.46. The van der Waals surface area contributed by atoms with Crippen molar-refractivity contribution in [2.75, 3.05) is 11.9 Å². The van der Waals surface area contributed by atoms with Crippen LogP contribution in [0.3, 0.4) is 0 Å². The number of thiocarbonyl (C=S) groups is 1. The standard InChI is InChI=1S/C20H21N3O2S/c1-2-13-21-19(25)16-9-6-10-17(14-16)22-20(26)23-18(24)12-11-15-7-4-3-5-8-15/h3-12,14H,2,13H2,1H3,(H,21,25)(H2,22,23,24,26)/b12-11+. The van der Waals surface area contributed by atoms with E-state index >= 15 is 0 Å². The highest BCUT2D eigenvalue weighted by molar-refractivity contribution is 7.80. The second-order valence-corrected chi connectivity index (χ2v) is 5.93. The fourth-order valence-corrected chi connectivity index (χ4v) is 2.35. The molecule has 0 aromatic heterocycles. The summed E-state index contributed by atoms with van der Waals surface area (Å²) in [6, 6.07) is 16.4. The lowest BCUT2D eigenvalue weighted by atomic mass is 10.2. The van der Waals surface area contributed by atoms with Crippen LogP contribution in [0.4, 0.5) is 5.69 Å². The van der Waals surface area contributed by atoms with Gasteiger partial charge in [-0.2, -0.15) is 0 Å². The maximum Gasteiger partial charge on any atom is 0.251 e. The molecule has 5 nitrogen and oxygen atoms in total. The van der Waals surface area contributed by atoms with E-state index in [4.69, 9.17) is 12.2 Å². The van der Waals surface area contributed by atoms with Crippen molar-refractivity contribution in [1.29, 1.82) is 0 Å². The molecule has 26 heavy (non-hydrogen) atoms. The van der Waals surface area contributed by atoms with E-state index in [-0.39, 0.29) is 16.9 Å². The van der Waals surface area contributed by atoms with E-state index in [0.29, 0.717) is 17.8 Å². The van der Waals surface area contributed by atoms with E-state index in [0.717, 1.165) is 12.0 Å². The van der Waals surface area contributed by atoms with Crippen molar-refractivity contribution in [2.24, 2.45) is 0 Å². The first-order valence-corrected chi connectivity index (χ1v) is 8.72. The lowest BCUT2D eigenvalue weighted by molar-refractivity contribution is -0.115. The second-order valence-electron chi connectivity index (χ2n) is 5.52. The minimum atomic E-state index is -0.330. The number of nitrogens with one attached hydrogen (secondary N) is 3. The molecule has 0 bridgehead atoms. The number of hydrogen-bond acceptors (Lipinski definition) is 3. The van der Waals surface area contributed by atoms with E-state index < -0.39 is 0 Å². The summed E-state index contributed by atoms with van der Waals surface area (Å²) >= 11 is 5.14. The predicted molar refractivity (Wildman–Crippen MR) is 109 cm³/mol. The molecule has 134 valence electrons. The fourth-order valence-electron chi connectivity index (χ4n) is 2.13. The molecular weight excluding hydrogens is 346 g/mol. The van der Waals surface area contributed by atoms with Crippen LogP contribution in [0.1, 0.15) is 29.3 Å². The average molecular weight is 367 g/mol. The van der Waals surface area contributed by atoms with Crippen LogP contribution in [-0.4, -0.2) is 23.5 Å². The van der Waals surface area contributed by atoms with Crippen molar-refractivity contribution in [2.45, 2.75) is 13.3 Å². The van der Waals surface area contributed by atoms with Gasteiger partial charge in [-0.05, 0) is 48.5 Å². The molecule has 2 aromatic rings. The van der Waals surface area contributed by atoms with Crippen molar-refractivity contribution in [1.82, 2.24) is 10.6 Å². The molecule has 0 radical (unpaired) electrons. The zero-order valence-electron chi connectivity index (χ0n) is 14.5. The Labute approximate surface area is 158 Å². The Bertz CT molecular complexity index is 804. The van der Waals surface area contributed by atoms with E-state index in [1.54, 1.807) is 30.3 Å². The molecule has 0 spiro atoms. The van der Waals surface area contributed by atoms with Gasteiger partial charge < -0.3 is 10.6 Å². The van der Waals surface area contributed by atoms with Crippen LogP contribution >= 0.6 is 12.2 Å². The lowest BCUT2D eigenvalue weighted by Gasteiger charge is -2.10. The highest BCUT2D eigenvalue weighted by Gasteiger charge is 2.07. The van der Waals surface area contributed by atoms with Gasteiger partial charge in [-0.15, -0.1) is 0 Å². The van der Waals surface area contributed by atoms with Gasteiger partial charge >= 0.3 is 0 Å². The van der Waals surface area contributed by atoms with E-state index in [9.17, 15) is 9.59 Å². The SMILES string of the molecule is CCCNC(=O)c1cccc(NC(=S)NC(=O)/C=C/c2ccccc2)c1. The van der Waals surface area contributed by atoms with Gasteiger partial charge in [-0.1, -0.05) is 43.3 Å². The highest BCUT2D eigenvalue weighted by Crippen LogP contribution is 2.10. The minimum Gasteiger partial charge on any atom is -0.352 e. The Morgan fingerprint density at radius 2 is 1.85 bits per heavy atom. The third-order valence-corrected chi connectivity index (χ3v) is 3.59. The van der Waals surface area contributed by atoms with Crippen LogP contribution in [0, 0.1) is 0 Å². The first-order chi connectivity index (χ1) is 12.6. The van der Waals surface area contributed by atoms with Gasteiger partial charge in [0.25, 0.3) is 5.91 Å². The number of carbonyl (C=O) groups excluding carboxylic acids is 2. The maximum atomic E-state index is 12.0. The first kappa shape index (κ1) is 19.3. The normalized spacial score (nSPS) is 10.3. The number of carbonyl (C=O) groups is 2. The Balaban J connectivity index is 1.90. The number of anilines is 1. The Hall–Kier alpha value is -2.99. The first-order valence-electron chi connectivity index (χ1n) is 8.32. The van der Waals surface area contributed by atoms with Crippen molar-refractivity contribution >= 4 is 40.9 Å². The third-order valence-electron chi connectivity index (χ3n) is 3.38. The van der Waals surface area contributed by atoms with Crippen molar-refractivity contribution in [3.05, 3.63) is 71.8 Å². The molecule has 0 fully saturated rings. The largest absolute Gasteiger partial charge is 0.352 e. The molecule has 6 heteroatoms. The Kier molecular flexibility index (Phi) is 7.51. The number of hydrogen-bond donors (Lipinski definition) is 3. The average Bonchev–Trinajstić information content (AvgIpc) is 2.65. The summed E-state index contributed by atoms with van der Waals surface area (Å²) in [7, 11) is 0. The Morgan fingerprint density at radius 1 is 1.08 bits per heavy atom. The van der Waals surface area contributed by atoms with E-state index in [1.807, 2.05) is 37.3 Å². The zero-order valence-corrected chi connectivity index (χ0v) is 15.3. The van der Waals surface area contributed by atoms with Crippen LogP contribution in [0.25, 0.3) is 6.08 Å². The number of amides is 2. The second kappa shape index (κ2) is 10.1. The van der Waals surface area contributed by atoms with Crippen LogP contribution in [0.5, 0.6) is 0 Å². The van der Waals surface area contributed by atoms with Gasteiger partial charge in [0.15, 0.2) is 5.11 Å². The highest BCUT2D eigenvalue weighted by atomic mass is 32.1. The summed E-state index contributed by atoms with van der Waals surface area (Å²) in [5.41, 5.74) is 2.08. The molecule has 2 aromatic carbocycles. The third kappa shape index (κ3) is 6.49. The van der Waals surface area contributed by atoms with Crippen LogP contribution in [0.2, 0.25) is 0 Å². The summed E-state index contributed by atoms with van der Waals surface area (Å²) in [6.07, 6.45) is 3.99. The molecule has 2 amide bonds. The molecule has 0 atom stereocenters. The van der Waals surface area contributed by atoms with Crippen LogP contribution in [-0.2, 0) is 4.79 Å². The van der Waals surface area contributed by atoms with Gasteiger partial charge in [0.1, 0.15) is 0 Å². The molecule has 3 N–H and O–H groups in total. The molecule has 0 aliphatic heterocycles. The zero-order chi connectivity index (χ0) is 18.8. The summed E-state index contributed by atoms with van der Waals surface area (Å²) in [6.45, 7) is 2.62. The maximum absolute atomic E-state index is 12.0. The monoisotopic (exact) mass is 367 g/mol. The van der Waals surface area contributed by atoms with Crippen LogP contribution in [0.15, 0.2) is 60.7 Å². The van der Waals surface area contributed by atoms with Gasteiger partial charge in [-0.3, -0.25) is 14.9 Å². The van der Waals surface area contributed by atoms with Crippen LogP contribution < -0.4 is 16.0 Å². The molecule has 0 unspecified atom stereocenters. The fraction of sp³-hybridized carbons (Fsp3) is 0.150. The van der Waals surface area contributed by atoms with Gasteiger partial charge in [0.2, 0.25) is 5.91 Å². The molecular formula is C20H21N3O2S. The number of benzene rings is 2. The smallest absolute Gasteiger partial charge is 0.251 e. The topological polar surface area (TPSA) is 70.2 Å². The summed E-state index contributed by atoms with van der Waals surface area (Å²) in [5.74, 6) is -0.473.